The number of morpholine rings is 1. The van der Waals surface area contributed by atoms with Crippen molar-refractivity contribution in [2.75, 3.05) is 62.8 Å². The van der Waals surface area contributed by atoms with E-state index in [2.05, 4.69) is 15.5 Å². The highest BCUT2D eigenvalue weighted by atomic mass is 16.5. The summed E-state index contributed by atoms with van der Waals surface area (Å²) in [4.78, 5) is 41.0. The van der Waals surface area contributed by atoms with Crippen LogP contribution in [0, 0.1) is 5.92 Å². The Kier molecular flexibility index (Phi) is 8.11. The number of amides is 3. The second kappa shape index (κ2) is 11.6. The standard InChI is InChI=1S/C25H30N4O5/c30-23(27-20-4-2-1-3-5-20)18-34-22-8-6-21(7-9-22)29-17-19(16-24(29)31)25(32)26-10-11-28-12-14-33-15-13-28/h1-9,19H,10-18H2,(H,26,32)(H,27,30)/t19-/m0/s1. The Morgan fingerprint density at radius 1 is 1.03 bits per heavy atom. The van der Waals surface area contributed by atoms with Crippen LogP contribution >= 0.6 is 0 Å². The molecule has 2 heterocycles. The van der Waals surface area contributed by atoms with Crippen LogP contribution in [-0.2, 0) is 19.1 Å². The Bertz CT molecular complexity index is 977. The lowest BCUT2D eigenvalue weighted by atomic mass is 10.1. The third-order valence-electron chi connectivity index (χ3n) is 5.90. The van der Waals surface area contributed by atoms with Crippen molar-refractivity contribution in [3.05, 3.63) is 54.6 Å². The molecule has 0 saturated carbocycles. The van der Waals surface area contributed by atoms with Crippen LogP contribution < -0.4 is 20.3 Å². The molecule has 2 aliphatic heterocycles. The molecule has 2 fully saturated rings. The fourth-order valence-electron chi connectivity index (χ4n) is 4.03. The predicted molar refractivity (Wildman–Crippen MR) is 128 cm³/mol. The summed E-state index contributed by atoms with van der Waals surface area (Å²) in [6, 6.07) is 16.1. The highest BCUT2D eigenvalue weighted by Gasteiger charge is 2.35. The van der Waals surface area contributed by atoms with Crippen LogP contribution in [-0.4, -0.2) is 75.2 Å². The van der Waals surface area contributed by atoms with Gasteiger partial charge in [-0.1, -0.05) is 18.2 Å². The summed E-state index contributed by atoms with van der Waals surface area (Å²) in [5, 5.41) is 5.72. The maximum atomic E-state index is 12.6. The van der Waals surface area contributed by atoms with E-state index in [-0.39, 0.29) is 36.7 Å². The molecule has 0 radical (unpaired) electrons. The summed E-state index contributed by atoms with van der Waals surface area (Å²) in [5.41, 5.74) is 1.41. The summed E-state index contributed by atoms with van der Waals surface area (Å²) < 4.78 is 10.9. The van der Waals surface area contributed by atoms with Crippen LogP contribution in [0.4, 0.5) is 11.4 Å². The Morgan fingerprint density at radius 2 is 1.76 bits per heavy atom. The van der Waals surface area contributed by atoms with E-state index in [1.807, 2.05) is 18.2 Å². The number of hydrogen-bond donors (Lipinski definition) is 2. The second-order valence-corrected chi connectivity index (χ2v) is 8.35. The normalized spacial score (nSPS) is 18.5. The number of carbonyl (C=O) groups excluding carboxylic acids is 3. The van der Waals surface area contributed by atoms with Crippen molar-refractivity contribution in [3.8, 4) is 5.75 Å². The molecule has 2 aromatic rings. The first-order valence-electron chi connectivity index (χ1n) is 11.5. The van der Waals surface area contributed by atoms with E-state index in [0.717, 1.165) is 32.8 Å². The monoisotopic (exact) mass is 466 g/mol. The molecule has 3 amide bonds. The third-order valence-corrected chi connectivity index (χ3v) is 5.90. The highest BCUT2D eigenvalue weighted by Crippen LogP contribution is 2.27. The average Bonchev–Trinajstić information content (AvgIpc) is 3.26. The fourth-order valence-corrected chi connectivity index (χ4v) is 4.03. The molecule has 2 aromatic carbocycles. The van der Waals surface area contributed by atoms with E-state index < -0.39 is 0 Å². The van der Waals surface area contributed by atoms with Crippen molar-refractivity contribution < 1.29 is 23.9 Å². The summed E-state index contributed by atoms with van der Waals surface area (Å²) >= 11 is 0. The summed E-state index contributed by atoms with van der Waals surface area (Å²) in [5.74, 6) is -0.268. The van der Waals surface area contributed by atoms with Gasteiger partial charge in [-0.05, 0) is 36.4 Å². The van der Waals surface area contributed by atoms with E-state index in [1.165, 1.54) is 0 Å². The number of hydrogen-bond acceptors (Lipinski definition) is 6. The van der Waals surface area contributed by atoms with Crippen molar-refractivity contribution in [1.29, 1.82) is 0 Å². The van der Waals surface area contributed by atoms with Crippen LogP contribution in [0.5, 0.6) is 5.75 Å². The van der Waals surface area contributed by atoms with E-state index in [9.17, 15) is 14.4 Å². The molecule has 34 heavy (non-hydrogen) atoms. The summed E-state index contributed by atoms with van der Waals surface area (Å²) in [6.07, 6.45) is 0.196. The number of carbonyl (C=O) groups is 3. The fraction of sp³-hybridized carbons (Fsp3) is 0.400. The van der Waals surface area contributed by atoms with Gasteiger partial charge in [0.15, 0.2) is 6.61 Å². The maximum Gasteiger partial charge on any atom is 0.262 e. The highest BCUT2D eigenvalue weighted by molar-refractivity contribution is 6.00. The molecule has 0 unspecified atom stereocenters. The van der Waals surface area contributed by atoms with Gasteiger partial charge < -0.3 is 25.0 Å². The number of benzene rings is 2. The lowest BCUT2D eigenvalue weighted by Crippen LogP contribution is -2.42. The maximum absolute atomic E-state index is 12.6. The minimum absolute atomic E-state index is 0.0794. The van der Waals surface area contributed by atoms with E-state index in [0.29, 0.717) is 30.2 Å². The molecule has 4 rings (SSSR count). The van der Waals surface area contributed by atoms with Crippen molar-refractivity contribution in [2.24, 2.45) is 5.92 Å². The predicted octanol–water partition coefficient (Wildman–Crippen LogP) is 1.51. The van der Waals surface area contributed by atoms with E-state index in [4.69, 9.17) is 9.47 Å². The quantitative estimate of drug-likeness (QED) is 0.581. The molecule has 0 aliphatic carbocycles. The molecule has 2 aliphatic rings. The van der Waals surface area contributed by atoms with Gasteiger partial charge in [0.2, 0.25) is 11.8 Å². The molecule has 9 heteroatoms. The number of para-hydroxylation sites is 1. The molecular weight excluding hydrogens is 436 g/mol. The first kappa shape index (κ1) is 23.7. The van der Waals surface area contributed by atoms with Crippen molar-refractivity contribution in [2.45, 2.75) is 6.42 Å². The molecule has 0 bridgehead atoms. The van der Waals surface area contributed by atoms with Crippen LogP contribution in [0.3, 0.4) is 0 Å². The van der Waals surface area contributed by atoms with Gasteiger partial charge in [0.25, 0.3) is 5.91 Å². The van der Waals surface area contributed by atoms with Gasteiger partial charge in [0.05, 0.1) is 19.1 Å². The van der Waals surface area contributed by atoms with Gasteiger partial charge in [-0.2, -0.15) is 0 Å². The second-order valence-electron chi connectivity index (χ2n) is 8.35. The zero-order chi connectivity index (χ0) is 23.8. The molecule has 0 spiro atoms. The molecule has 180 valence electrons. The van der Waals surface area contributed by atoms with Crippen molar-refractivity contribution >= 4 is 29.1 Å². The van der Waals surface area contributed by atoms with Gasteiger partial charge >= 0.3 is 0 Å². The van der Waals surface area contributed by atoms with Crippen molar-refractivity contribution in [1.82, 2.24) is 10.2 Å². The van der Waals surface area contributed by atoms with Crippen LogP contribution in [0.1, 0.15) is 6.42 Å². The molecule has 2 saturated heterocycles. The average molecular weight is 467 g/mol. The van der Waals surface area contributed by atoms with Gasteiger partial charge in [-0.15, -0.1) is 0 Å². The van der Waals surface area contributed by atoms with Crippen LogP contribution in [0.2, 0.25) is 0 Å². The topological polar surface area (TPSA) is 100 Å². The Hall–Kier alpha value is -3.43. The third kappa shape index (κ3) is 6.55. The number of nitrogens with zero attached hydrogens (tertiary/aromatic N) is 2. The molecule has 1 atom stereocenters. The van der Waals surface area contributed by atoms with Gasteiger partial charge in [0.1, 0.15) is 5.75 Å². The van der Waals surface area contributed by atoms with Gasteiger partial charge in [-0.3, -0.25) is 19.3 Å². The lowest BCUT2D eigenvalue weighted by Gasteiger charge is -2.26. The lowest BCUT2D eigenvalue weighted by molar-refractivity contribution is -0.126. The zero-order valence-electron chi connectivity index (χ0n) is 19.1. The molecule has 2 N–H and O–H groups in total. The number of rotatable bonds is 9. The zero-order valence-corrected chi connectivity index (χ0v) is 19.1. The molecule has 0 aromatic heterocycles. The van der Waals surface area contributed by atoms with Gasteiger partial charge in [0, 0.05) is 50.5 Å². The Labute approximate surface area is 199 Å². The SMILES string of the molecule is O=C(COc1ccc(N2C[C@@H](C(=O)NCCN3CCOCC3)CC2=O)cc1)Nc1ccccc1. The Balaban J connectivity index is 1.21. The van der Waals surface area contributed by atoms with E-state index >= 15 is 0 Å². The van der Waals surface area contributed by atoms with Crippen LogP contribution in [0.25, 0.3) is 0 Å². The summed E-state index contributed by atoms with van der Waals surface area (Å²) in [7, 11) is 0. The smallest absolute Gasteiger partial charge is 0.262 e. The molecular formula is C25H30N4O5. The number of anilines is 2. The summed E-state index contributed by atoms with van der Waals surface area (Å²) in [6.45, 7) is 4.78. The minimum atomic E-state index is -0.366. The number of nitrogens with one attached hydrogen (secondary N) is 2. The van der Waals surface area contributed by atoms with Gasteiger partial charge in [-0.25, -0.2) is 0 Å². The first-order valence-corrected chi connectivity index (χ1v) is 11.5. The molecule has 9 nitrogen and oxygen atoms in total. The number of ether oxygens (including phenoxy) is 2. The minimum Gasteiger partial charge on any atom is -0.484 e. The Morgan fingerprint density at radius 3 is 2.50 bits per heavy atom. The first-order chi connectivity index (χ1) is 16.6. The van der Waals surface area contributed by atoms with E-state index in [1.54, 1.807) is 41.3 Å². The van der Waals surface area contributed by atoms with Crippen LogP contribution in [0.15, 0.2) is 54.6 Å². The largest absolute Gasteiger partial charge is 0.484 e. The van der Waals surface area contributed by atoms with Crippen molar-refractivity contribution in [3.63, 3.8) is 0 Å².